The molecule has 1 rings (SSSR count). The minimum atomic E-state index is 0.471. The van der Waals surface area contributed by atoms with Crippen LogP contribution in [-0.2, 0) is 0 Å². The number of hydrazine groups is 1. The summed E-state index contributed by atoms with van der Waals surface area (Å²) in [6, 6.07) is 0.530. The lowest BCUT2D eigenvalue weighted by Gasteiger charge is -2.43. The monoisotopic (exact) mass is 254 g/mol. The van der Waals surface area contributed by atoms with E-state index in [-0.39, 0.29) is 0 Å². The first-order valence-electron chi connectivity index (χ1n) is 8.08. The highest BCUT2D eigenvalue weighted by atomic mass is 15.2. The molecule has 108 valence electrons. The van der Waals surface area contributed by atoms with Crippen molar-refractivity contribution in [3.8, 4) is 0 Å². The molecule has 2 heteroatoms. The largest absolute Gasteiger partial charge is 0.271 e. The van der Waals surface area contributed by atoms with Crippen molar-refractivity contribution in [1.29, 1.82) is 0 Å². The molecule has 0 amide bonds. The summed E-state index contributed by atoms with van der Waals surface area (Å²) in [7, 11) is 0. The molecule has 18 heavy (non-hydrogen) atoms. The van der Waals surface area contributed by atoms with E-state index in [9.17, 15) is 0 Å². The van der Waals surface area contributed by atoms with Crippen LogP contribution in [0.1, 0.15) is 85.0 Å². The quantitative estimate of drug-likeness (QED) is 0.383. The smallest absolute Gasteiger partial charge is 0.0243 e. The number of nitrogens with two attached hydrogens (primary N) is 1. The summed E-state index contributed by atoms with van der Waals surface area (Å²) in [5.41, 5.74) is 3.59. The van der Waals surface area contributed by atoms with E-state index >= 15 is 0 Å². The summed E-state index contributed by atoms with van der Waals surface area (Å²) in [5.74, 6) is 6.58. The Morgan fingerprint density at radius 2 is 1.89 bits per heavy atom. The first-order valence-corrected chi connectivity index (χ1v) is 8.08. The molecule has 2 atom stereocenters. The maximum atomic E-state index is 5.82. The first-order chi connectivity index (χ1) is 8.61. The molecule has 0 aliphatic heterocycles. The molecule has 2 unspecified atom stereocenters. The first kappa shape index (κ1) is 16.0. The van der Waals surface area contributed by atoms with Gasteiger partial charge in [-0.2, -0.15) is 0 Å². The molecule has 1 fully saturated rings. The van der Waals surface area contributed by atoms with Gasteiger partial charge in [0.2, 0.25) is 0 Å². The molecule has 1 aliphatic carbocycles. The summed E-state index contributed by atoms with van der Waals surface area (Å²) in [5, 5.41) is 0. The Hall–Kier alpha value is -0.0800. The Morgan fingerprint density at radius 3 is 2.50 bits per heavy atom. The van der Waals surface area contributed by atoms with E-state index in [1.807, 2.05) is 0 Å². The van der Waals surface area contributed by atoms with Crippen molar-refractivity contribution < 1.29 is 0 Å². The van der Waals surface area contributed by atoms with Gasteiger partial charge < -0.3 is 0 Å². The van der Waals surface area contributed by atoms with E-state index in [1.54, 1.807) is 0 Å². The fourth-order valence-electron chi connectivity index (χ4n) is 3.64. The van der Waals surface area contributed by atoms with Gasteiger partial charge in [-0.05, 0) is 30.6 Å². The van der Waals surface area contributed by atoms with Crippen molar-refractivity contribution in [2.75, 3.05) is 0 Å². The fourth-order valence-corrected chi connectivity index (χ4v) is 3.64. The van der Waals surface area contributed by atoms with Crippen LogP contribution in [0, 0.1) is 11.3 Å². The van der Waals surface area contributed by atoms with Crippen LogP contribution in [0.4, 0.5) is 0 Å². The second-order valence-corrected chi connectivity index (χ2v) is 6.82. The molecule has 0 aromatic rings. The van der Waals surface area contributed by atoms with E-state index in [0.717, 1.165) is 5.92 Å². The van der Waals surface area contributed by atoms with E-state index in [2.05, 4.69) is 26.2 Å². The molecule has 0 heterocycles. The fraction of sp³-hybridized carbons (Fsp3) is 1.00. The SMILES string of the molecule is CCCCCCCC(NN)C1CCCCC1(C)C. The van der Waals surface area contributed by atoms with Gasteiger partial charge >= 0.3 is 0 Å². The van der Waals surface area contributed by atoms with Gasteiger partial charge in [0.15, 0.2) is 0 Å². The average molecular weight is 254 g/mol. The summed E-state index contributed by atoms with van der Waals surface area (Å²) >= 11 is 0. The zero-order valence-corrected chi connectivity index (χ0v) is 12.8. The van der Waals surface area contributed by atoms with Gasteiger partial charge in [-0.1, -0.05) is 65.7 Å². The van der Waals surface area contributed by atoms with Gasteiger partial charge in [0, 0.05) is 6.04 Å². The Morgan fingerprint density at radius 1 is 1.17 bits per heavy atom. The molecule has 1 saturated carbocycles. The Kier molecular flexibility index (Phi) is 7.25. The predicted octanol–water partition coefficient (Wildman–Crippen LogP) is 4.40. The second kappa shape index (κ2) is 8.16. The summed E-state index contributed by atoms with van der Waals surface area (Å²) < 4.78 is 0. The highest BCUT2D eigenvalue weighted by Gasteiger charge is 2.36. The van der Waals surface area contributed by atoms with Crippen LogP contribution >= 0.6 is 0 Å². The lowest BCUT2D eigenvalue weighted by atomic mass is 9.65. The number of hydrogen-bond acceptors (Lipinski definition) is 2. The standard InChI is InChI=1S/C16H34N2/c1-4-5-6-7-8-12-15(18-17)14-11-9-10-13-16(14,2)3/h14-15,18H,4-13,17H2,1-3H3. The van der Waals surface area contributed by atoms with E-state index < -0.39 is 0 Å². The van der Waals surface area contributed by atoms with Gasteiger partial charge in [0.05, 0.1) is 0 Å². The maximum Gasteiger partial charge on any atom is 0.0243 e. The highest BCUT2D eigenvalue weighted by molar-refractivity contribution is 4.89. The third kappa shape index (κ3) is 4.89. The Bertz CT molecular complexity index is 213. The van der Waals surface area contributed by atoms with Gasteiger partial charge in [0.1, 0.15) is 0 Å². The topological polar surface area (TPSA) is 38.0 Å². The molecular weight excluding hydrogens is 220 g/mol. The van der Waals surface area contributed by atoms with Crippen LogP contribution in [0.3, 0.4) is 0 Å². The minimum absolute atomic E-state index is 0.471. The molecule has 0 radical (unpaired) electrons. The third-order valence-electron chi connectivity index (χ3n) is 4.91. The van der Waals surface area contributed by atoms with Gasteiger partial charge in [-0.15, -0.1) is 0 Å². The molecule has 0 aromatic heterocycles. The lowest BCUT2D eigenvalue weighted by molar-refractivity contribution is 0.0936. The van der Waals surface area contributed by atoms with Crippen LogP contribution in [0.25, 0.3) is 0 Å². The van der Waals surface area contributed by atoms with E-state index in [0.29, 0.717) is 11.5 Å². The van der Waals surface area contributed by atoms with Gasteiger partial charge in [-0.3, -0.25) is 11.3 Å². The number of hydrogen-bond donors (Lipinski definition) is 2. The summed E-state index contributed by atoms with van der Waals surface area (Å²) in [6.07, 6.45) is 13.6. The third-order valence-corrected chi connectivity index (χ3v) is 4.91. The van der Waals surface area contributed by atoms with Crippen LogP contribution in [0.15, 0.2) is 0 Å². The van der Waals surface area contributed by atoms with Crippen molar-refractivity contribution in [3.05, 3.63) is 0 Å². The van der Waals surface area contributed by atoms with Crippen molar-refractivity contribution in [2.45, 2.75) is 91.0 Å². The molecule has 3 N–H and O–H groups in total. The average Bonchev–Trinajstić information content (AvgIpc) is 2.34. The Labute approximate surface area is 114 Å². The van der Waals surface area contributed by atoms with Crippen LogP contribution in [0.2, 0.25) is 0 Å². The summed E-state index contributed by atoms with van der Waals surface area (Å²) in [6.45, 7) is 7.13. The van der Waals surface area contributed by atoms with Crippen LogP contribution in [-0.4, -0.2) is 6.04 Å². The van der Waals surface area contributed by atoms with Crippen molar-refractivity contribution >= 4 is 0 Å². The molecule has 2 nitrogen and oxygen atoms in total. The minimum Gasteiger partial charge on any atom is -0.271 e. The van der Waals surface area contributed by atoms with Gasteiger partial charge in [-0.25, -0.2) is 0 Å². The molecule has 1 aliphatic rings. The van der Waals surface area contributed by atoms with Crippen molar-refractivity contribution in [1.82, 2.24) is 5.43 Å². The molecule has 0 spiro atoms. The zero-order chi connectivity index (χ0) is 13.4. The van der Waals surface area contributed by atoms with Gasteiger partial charge in [0.25, 0.3) is 0 Å². The van der Waals surface area contributed by atoms with Crippen molar-refractivity contribution in [3.63, 3.8) is 0 Å². The number of rotatable bonds is 8. The molecular formula is C16H34N2. The molecule has 0 bridgehead atoms. The van der Waals surface area contributed by atoms with E-state index in [1.165, 1.54) is 64.2 Å². The maximum absolute atomic E-state index is 5.82. The molecule has 0 saturated heterocycles. The lowest BCUT2D eigenvalue weighted by Crippen LogP contribution is -2.47. The second-order valence-electron chi connectivity index (χ2n) is 6.82. The predicted molar refractivity (Wildman–Crippen MR) is 80.2 cm³/mol. The Balaban J connectivity index is 2.34. The highest BCUT2D eigenvalue weighted by Crippen LogP contribution is 2.43. The normalized spacial score (nSPS) is 25.0. The zero-order valence-electron chi connectivity index (χ0n) is 12.8. The van der Waals surface area contributed by atoms with Crippen LogP contribution in [0.5, 0.6) is 0 Å². The van der Waals surface area contributed by atoms with Crippen molar-refractivity contribution in [2.24, 2.45) is 17.2 Å². The molecule has 0 aromatic carbocycles. The van der Waals surface area contributed by atoms with E-state index in [4.69, 9.17) is 5.84 Å². The number of nitrogens with one attached hydrogen (secondary N) is 1. The van der Waals surface area contributed by atoms with Crippen LogP contribution < -0.4 is 11.3 Å². The number of unbranched alkanes of at least 4 members (excludes halogenated alkanes) is 4. The summed E-state index contributed by atoms with van der Waals surface area (Å²) in [4.78, 5) is 0.